The van der Waals surface area contributed by atoms with Crippen LogP contribution in [0.3, 0.4) is 0 Å². The van der Waals surface area contributed by atoms with Crippen molar-refractivity contribution in [2.75, 3.05) is 0 Å². The van der Waals surface area contributed by atoms with E-state index in [1.165, 1.54) is 11.3 Å². The first-order valence-corrected chi connectivity index (χ1v) is 6.98. The van der Waals surface area contributed by atoms with Crippen LogP contribution >= 0.6 is 11.3 Å². The van der Waals surface area contributed by atoms with Crippen LogP contribution in [-0.2, 0) is 19.5 Å². The van der Waals surface area contributed by atoms with Gasteiger partial charge in [-0.3, -0.25) is 9.78 Å². The average Bonchev–Trinajstić information content (AvgIpc) is 2.94. The lowest BCUT2D eigenvalue weighted by molar-refractivity contribution is 0.0946. The molecule has 0 aromatic carbocycles. The van der Waals surface area contributed by atoms with Crippen LogP contribution in [0.4, 0.5) is 0 Å². The summed E-state index contributed by atoms with van der Waals surface area (Å²) in [6, 6.07) is 3.92. The number of carbonyl (C=O) groups excluding carboxylic acids is 1. The summed E-state index contributed by atoms with van der Waals surface area (Å²) in [6.07, 6.45) is 2.63. The number of hydrogen-bond acceptors (Lipinski definition) is 5. The fourth-order valence-electron chi connectivity index (χ4n) is 1.72. The average molecular weight is 276 g/mol. The van der Waals surface area contributed by atoms with Crippen molar-refractivity contribution >= 4 is 17.2 Å². The second-order valence-corrected chi connectivity index (χ2v) is 4.92. The summed E-state index contributed by atoms with van der Waals surface area (Å²) in [6.45, 7) is 2.84. The van der Waals surface area contributed by atoms with Gasteiger partial charge >= 0.3 is 0 Å². The highest BCUT2D eigenvalue weighted by Gasteiger charge is 2.10. The Balaban J connectivity index is 2.00. The number of aryl methyl sites for hydroxylation is 1. The first-order valence-electron chi connectivity index (χ1n) is 6.10. The molecule has 2 aromatic heterocycles. The van der Waals surface area contributed by atoms with Crippen LogP contribution < -0.4 is 11.1 Å². The Labute approximate surface area is 115 Å². The number of amides is 1. The maximum absolute atomic E-state index is 11.9. The van der Waals surface area contributed by atoms with Crippen LogP contribution in [-0.4, -0.2) is 15.9 Å². The van der Waals surface area contributed by atoms with Crippen LogP contribution in [0.25, 0.3) is 0 Å². The van der Waals surface area contributed by atoms with Crippen LogP contribution in [0.5, 0.6) is 0 Å². The number of thiazole rings is 1. The topological polar surface area (TPSA) is 80.9 Å². The Morgan fingerprint density at radius 3 is 3.05 bits per heavy atom. The van der Waals surface area contributed by atoms with Crippen molar-refractivity contribution in [3.8, 4) is 0 Å². The standard InChI is InChI=1S/C13H16N4OS/c1-2-9-4-3-5-15-10(9)7-16-13(18)11-8-19-12(6-14)17-11/h3-5,8H,2,6-7,14H2,1H3,(H,16,18). The molecule has 3 N–H and O–H groups in total. The molecule has 0 saturated heterocycles. The number of aromatic nitrogens is 2. The van der Waals surface area contributed by atoms with Crippen molar-refractivity contribution in [1.29, 1.82) is 0 Å². The number of hydrogen-bond donors (Lipinski definition) is 2. The number of carbonyl (C=O) groups is 1. The first kappa shape index (κ1) is 13.6. The molecule has 0 fully saturated rings. The molecule has 1 amide bonds. The van der Waals surface area contributed by atoms with Gasteiger partial charge in [-0.05, 0) is 18.1 Å². The van der Waals surface area contributed by atoms with Crippen molar-refractivity contribution in [2.45, 2.75) is 26.4 Å². The van der Waals surface area contributed by atoms with Gasteiger partial charge in [0.15, 0.2) is 0 Å². The number of nitrogens with one attached hydrogen (secondary N) is 1. The van der Waals surface area contributed by atoms with E-state index in [2.05, 4.69) is 22.2 Å². The number of rotatable bonds is 5. The van der Waals surface area contributed by atoms with Crippen LogP contribution in [0.2, 0.25) is 0 Å². The molecule has 100 valence electrons. The minimum Gasteiger partial charge on any atom is -0.345 e. The second-order valence-electron chi connectivity index (χ2n) is 3.98. The molecular weight excluding hydrogens is 260 g/mol. The van der Waals surface area contributed by atoms with Crippen molar-refractivity contribution in [2.24, 2.45) is 5.73 Å². The zero-order valence-corrected chi connectivity index (χ0v) is 11.5. The lowest BCUT2D eigenvalue weighted by atomic mass is 10.1. The lowest BCUT2D eigenvalue weighted by Gasteiger charge is -2.07. The summed E-state index contributed by atoms with van der Waals surface area (Å²) < 4.78 is 0. The molecule has 2 rings (SSSR count). The van der Waals surface area contributed by atoms with E-state index in [0.29, 0.717) is 18.8 Å². The van der Waals surface area contributed by atoms with E-state index in [-0.39, 0.29) is 5.91 Å². The van der Waals surface area contributed by atoms with Gasteiger partial charge in [-0.1, -0.05) is 13.0 Å². The van der Waals surface area contributed by atoms with E-state index >= 15 is 0 Å². The third-order valence-electron chi connectivity index (χ3n) is 2.74. The van der Waals surface area contributed by atoms with E-state index in [1.807, 2.05) is 12.1 Å². The number of nitrogens with zero attached hydrogens (tertiary/aromatic N) is 2. The van der Waals surface area contributed by atoms with E-state index in [9.17, 15) is 4.79 Å². The van der Waals surface area contributed by atoms with Gasteiger partial charge in [0.25, 0.3) is 5.91 Å². The lowest BCUT2D eigenvalue weighted by Crippen LogP contribution is -2.24. The Hall–Kier alpha value is -1.79. The van der Waals surface area contributed by atoms with Gasteiger partial charge in [0.05, 0.1) is 12.2 Å². The molecule has 5 nitrogen and oxygen atoms in total. The van der Waals surface area contributed by atoms with Gasteiger partial charge in [-0.25, -0.2) is 4.98 Å². The zero-order valence-electron chi connectivity index (χ0n) is 10.7. The minimum absolute atomic E-state index is 0.191. The maximum atomic E-state index is 11.9. The third kappa shape index (κ3) is 3.36. The van der Waals surface area contributed by atoms with Crippen molar-refractivity contribution in [3.63, 3.8) is 0 Å². The summed E-state index contributed by atoms with van der Waals surface area (Å²) in [5.41, 5.74) is 7.93. The highest BCUT2D eigenvalue weighted by atomic mass is 32.1. The summed E-state index contributed by atoms with van der Waals surface area (Å²) in [7, 11) is 0. The number of nitrogens with two attached hydrogens (primary N) is 1. The fraction of sp³-hybridized carbons (Fsp3) is 0.308. The Kier molecular flexibility index (Phi) is 4.59. The van der Waals surface area contributed by atoms with Crippen LogP contribution in [0, 0.1) is 0 Å². The summed E-state index contributed by atoms with van der Waals surface area (Å²) >= 11 is 1.39. The van der Waals surface area contributed by atoms with Gasteiger partial charge in [-0.2, -0.15) is 0 Å². The van der Waals surface area contributed by atoms with Crippen molar-refractivity contribution in [1.82, 2.24) is 15.3 Å². The van der Waals surface area contributed by atoms with Crippen LogP contribution in [0.1, 0.15) is 33.7 Å². The van der Waals surface area contributed by atoms with Crippen LogP contribution in [0.15, 0.2) is 23.7 Å². The van der Waals surface area contributed by atoms with E-state index in [0.717, 1.165) is 22.7 Å². The molecule has 0 unspecified atom stereocenters. The van der Waals surface area contributed by atoms with Gasteiger partial charge in [0.2, 0.25) is 0 Å². The third-order valence-corrected chi connectivity index (χ3v) is 3.61. The maximum Gasteiger partial charge on any atom is 0.271 e. The highest BCUT2D eigenvalue weighted by molar-refractivity contribution is 7.09. The molecule has 2 heterocycles. The summed E-state index contributed by atoms with van der Waals surface area (Å²) in [5, 5.41) is 5.31. The molecule has 0 aliphatic heterocycles. The quantitative estimate of drug-likeness (QED) is 0.867. The largest absolute Gasteiger partial charge is 0.345 e. The molecule has 0 bridgehead atoms. The van der Waals surface area contributed by atoms with Gasteiger partial charge in [-0.15, -0.1) is 11.3 Å². The van der Waals surface area contributed by atoms with Crippen molar-refractivity contribution < 1.29 is 4.79 Å². The Bertz CT molecular complexity index is 567. The zero-order chi connectivity index (χ0) is 13.7. The molecule has 19 heavy (non-hydrogen) atoms. The predicted molar refractivity (Wildman–Crippen MR) is 74.8 cm³/mol. The van der Waals surface area contributed by atoms with E-state index in [1.54, 1.807) is 11.6 Å². The van der Waals surface area contributed by atoms with Gasteiger partial charge in [0.1, 0.15) is 10.7 Å². The summed E-state index contributed by atoms with van der Waals surface area (Å²) in [4.78, 5) is 20.3. The van der Waals surface area contributed by atoms with E-state index < -0.39 is 0 Å². The smallest absolute Gasteiger partial charge is 0.271 e. The molecule has 0 spiro atoms. The second kappa shape index (κ2) is 6.40. The minimum atomic E-state index is -0.191. The molecule has 0 radical (unpaired) electrons. The molecular formula is C13H16N4OS. The van der Waals surface area contributed by atoms with E-state index in [4.69, 9.17) is 5.73 Å². The highest BCUT2D eigenvalue weighted by Crippen LogP contribution is 2.10. The molecule has 2 aromatic rings. The summed E-state index contributed by atoms with van der Waals surface area (Å²) in [5.74, 6) is -0.191. The SMILES string of the molecule is CCc1cccnc1CNC(=O)c1csc(CN)n1. The molecule has 0 aliphatic carbocycles. The predicted octanol–water partition coefficient (Wildman–Crippen LogP) is 1.49. The monoisotopic (exact) mass is 276 g/mol. The molecule has 0 saturated carbocycles. The normalized spacial score (nSPS) is 10.4. The number of pyridine rings is 1. The Morgan fingerprint density at radius 2 is 2.37 bits per heavy atom. The van der Waals surface area contributed by atoms with Gasteiger partial charge in [0, 0.05) is 18.1 Å². The molecule has 6 heteroatoms. The molecule has 0 atom stereocenters. The molecule has 0 aliphatic rings. The van der Waals surface area contributed by atoms with Crippen molar-refractivity contribution in [3.05, 3.63) is 45.7 Å². The van der Waals surface area contributed by atoms with Gasteiger partial charge < -0.3 is 11.1 Å². The fourth-order valence-corrected chi connectivity index (χ4v) is 2.37. The Morgan fingerprint density at radius 1 is 1.53 bits per heavy atom. The first-order chi connectivity index (χ1) is 9.24.